The quantitative estimate of drug-likeness (QED) is 0.362. The Morgan fingerprint density at radius 1 is 1.03 bits per heavy atom. The molecule has 7 nitrogen and oxygen atoms in total. The fourth-order valence-corrected chi connectivity index (χ4v) is 4.89. The number of amides is 2. The Balaban J connectivity index is 1.59. The van der Waals surface area contributed by atoms with Crippen LogP contribution < -0.4 is 14.5 Å². The first kappa shape index (κ1) is 26.2. The van der Waals surface area contributed by atoms with Crippen molar-refractivity contribution in [3.63, 3.8) is 0 Å². The molecule has 2 amide bonds. The van der Waals surface area contributed by atoms with Gasteiger partial charge in [0.05, 0.1) is 12.6 Å². The number of hydrogen-bond acceptors (Lipinski definition) is 4. The largest absolute Gasteiger partial charge is 0.494 e. The minimum atomic E-state index is -0.859. The highest BCUT2D eigenvalue weighted by molar-refractivity contribution is 6.30. The Bertz CT molecular complexity index is 1280. The van der Waals surface area contributed by atoms with Crippen molar-refractivity contribution in [2.75, 3.05) is 16.4 Å². The first-order valence-electron chi connectivity index (χ1n) is 12.2. The third-order valence-electron chi connectivity index (χ3n) is 6.44. The van der Waals surface area contributed by atoms with Crippen molar-refractivity contribution in [2.24, 2.45) is 0 Å². The molecule has 8 heteroatoms. The number of ether oxygens (including phenoxy) is 1. The van der Waals surface area contributed by atoms with E-state index in [1.807, 2.05) is 43.3 Å². The Hall–Kier alpha value is -3.84. The van der Waals surface area contributed by atoms with Crippen LogP contribution in [0.1, 0.15) is 55.1 Å². The Morgan fingerprint density at radius 2 is 1.70 bits per heavy atom. The van der Waals surface area contributed by atoms with E-state index in [-0.39, 0.29) is 36.9 Å². The summed E-state index contributed by atoms with van der Waals surface area (Å²) in [5.41, 5.74) is 2.93. The average Bonchev–Trinajstić information content (AvgIpc) is 2.88. The highest BCUT2D eigenvalue weighted by Gasteiger charge is 2.38. The summed E-state index contributed by atoms with van der Waals surface area (Å²) in [4.78, 5) is 40.7. The first-order valence-corrected chi connectivity index (χ1v) is 12.6. The van der Waals surface area contributed by atoms with Gasteiger partial charge in [-0.3, -0.25) is 14.4 Å². The van der Waals surface area contributed by atoms with Gasteiger partial charge < -0.3 is 19.6 Å². The summed E-state index contributed by atoms with van der Waals surface area (Å²) in [6, 6.07) is 21.3. The third-order valence-corrected chi connectivity index (χ3v) is 6.69. The number of carboxylic acid groups (broad SMARTS) is 1. The molecule has 2 unspecified atom stereocenters. The summed E-state index contributed by atoms with van der Waals surface area (Å²) in [6.45, 7) is 3.82. The van der Waals surface area contributed by atoms with E-state index in [0.717, 1.165) is 16.9 Å². The Morgan fingerprint density at radius 3 is 2.35 bits per heavy atom. The molecule has 0 spiro atoms. The topological polar surface area (TPSA) is 87.2 Å². The van der Waals surface area contributed by atoms with E-state index in [2.05, 4.69) is 0 Å². The molecule has 1 heterocycles. The predicted molar refractivity (Wildman–Crippen MR) is 143 cm³/mol. The molecule has 0 fully saturated rings. The molecule has 0 aromatic heterocycles. The number of aliphatic carboxylic acids is 1. The molecule has 0 radical (unpaired) electrons. The van der Waals surface area contributed by atoms with Crippen LogP contribution in [0.15, 0.2) is 72.8 Å². The van der Waals surface area contributed by atoms with Gasteiger partial charge in [0.2, 0.25) is 5.91 Å². The van der Waals surface area contributed by atoms with Gasteiger partial charge in [-0.15, -0.1) is 0 Å². The first-order chi connectivity index (χ1) is 17.8. The smallest absolute Gasteiger partial charge is 0.303 e. The van der Waals surface area contributed by atoms with Gasteiger partial charge in [0.25, 0.3) is 5.91 Å². The number of para-hydroxylation sites is 1. The van der Waals surface area contributed by atoms with Gasteiger partial charge in [0, 0.05) is 41.3 Å². The summed E-state index contributed by atoms with van der Waals surface area (Å²) < 4.78 is 5.59. The molecule has 0 aliphatic carbocycles. The van der Waals surface area contributed by atoms with Crippen molar-refractivity contribution < 1.29 is 24.2 Å². The van der Waals surface area contributed by atoms with Gasteiger partial charge in [0.15, 0.2) is 0 Å². The minimum Gasteiger partial charge on any atom is -0.494 e. The molecule has 0 bridgehead atoms. The standard InChI is InChI=1S/C29H29ClN2O5/c1-19-18-27(32(20(2)33)23-13-11-22(30)12-14-23)25-6-3-4-7-26(25)31(19)29(36)21-9-15-24(16-10-21)37-17-5-8-28(34)35/h3-4,6-7,9-16,19,27H,5,8,17-18H2,1-2H3,(H,34,35). The maximum atomic E-state index is 13.7. The van der Waals surface area contributed by atoms with Crippen LogP contribution in [0.5, 0.6) is 5.75 Å². The lowest BCUT2D eigenvalue weighted by molar-refractivity contribution is -0.137. The molecule has 1 N–H and O–H groups in total. The monoisotopic (exact) mass is 520 g/mol. The molecule has 2 atom stereocenters. The Kier molecular flexibility index (Phi) is 8.14. The van der Waals surface area contributed by atoms with Crippen molar-refractivity contribution in [2.45, 2.75) is 45.2 Å². The maximum absolute atomic E-state index is 13.7. The lowest BCUT2D eigenvalue weighted by Gasteiger charge is -2.43. The molecular weight excluding hydrogens is 492 g/mol. The lowest BCUT2D eigenvalue weighted by atomic mass is 9.89. The number of hydrogen-bond donors (Lipinski definition) is 1. The van der Waals surface area contributed by atoms with Crippen LogP contribution in [0.25, 0.3) is 0 Å². The number of fused-ring (bicyclic) bond motifs is 1. The molecule has 1 aliphatic rings. The van der Waals surface area contributed by atoms with Crippen LogP contribution in [0.2, 0.25) is 5.02 Å². The van der Waals surface area contributed by atoms with Gasteiger partial charge in [-0.05, 0) is 79.9 Å². The normalized spacial score (nSPS) is 16.6. The molecule has 0 saturated carbocycles. The minimum absolute atomic E-state index is 0.0445. The number of nitrogens with zero attached hydrogens (tertiary/aromatic N) is 2. The number of rotatable bonds is 8. The maximum Gasteiger partial charge on any atom is 0.303 e. The van der Waals surface area contributed by atoms with Crippen molar-refractivity contribution in [1.29, 1.82) is 0 Å². The molecule has 4 rings (SSSR count). The second-order valence-corrected chi connectivity index (χ2v) is 9.51. The van der Waals surface area contributed by atoms with Crippen LogP contribution in [0.4, 0.5) is 11.4 Å². The number of carbonyl (C=O) groups is 3. The van der Waals surface area contributed by atoms with E-state index in [1.54, 1.807) is 53.1 Å². The highest BCUT2D eigenvalue weighted by atomic mass is 35.5. The van der Waals surface area contributed by atoms with Crippen LogP contribution in [0, 0.1) is 0 Å². The second kappa shape index (κ2) is 11.5. The highest BCUT2D eigenvalue weighted by Crippen LogP contribution is 2.42. The molecule has 3 aromatic rings. The number of carbonyl (C=O) groups excluding carboxylic acids is 2. The number of anilines is 2. The number of carboxylic acids is 1. The van der Waals surface area contributed by atoms with Crippen LogP contribution in [0.3, 0.4) is 0 Å². The fourth-order valence-electron chi connectivity index (χ4n) is 4.76. The summed E-state index contributed by atoms with van der Waals surface area (Å²) in [5.74, 6) is -0.513. The average molecular weight is 521 g/mol. The summed E-state index contributed by atoms with van der Waals surface area (Å²) >= 11 is 6.07. The van der Waals surface area contributed by atoms with Crippen molar-refractivity contribution in [1.82, 2.24) is 0 Å². The van der Waals surface area contributed by atoms with Crippen LogP contribution >= 0.6 is 11.6 Å². The zero-order chi connectivity index (χ0) is 26.5. The number of halogens is 1. The van der Waals surface area contributed by atoms with E-state index in [0.29, 0.717) is 29.2 Å². The SMILES string of the molecule is CC(=O)N(c1ccc(Cl)cc1)C1CC(C)N(C(=O)c2ccc(OCCCC(=O)O)cc2)c2ccccc21. The van der Waals surface area contributed by atoms with Gasteiger partial charge in [-0.25, -0.2) is 0 Å². The van der Waals surface area contributed by atoms with Crippen molar-refractivity contribution >= 4 is 40.8 Å². The third kappa shape index (κ3) is 5.94. The van der Waals surface area contributed by atoms with Gasteiger partial charge in [-0.1, -0.05) is 29.8 Å². The summed E-state index contributed by atoms with van der Waals surface area (Å²) in [5, 5.41) is 9.34. The summed E-state index contributed by atoms with van der Waals surface area (Å²) in [6.07, 6.45) is 1.02. The number of benzene rings is 3. The fraction of sp³-hybridized carbons (Fsp3) is 0.276. The summed E-state index contributed by atoms with van der Waals surface area (Å²) in [7, 11) is 0. The van der Waals surface area contributed by atoms with E-state index >= 15 is 0 Å². The predicted octanol–water partition coefficient (Wildman–Crippen LogP) is 6.12. The van der Waals surface area contributed by atoms with Crippen LogP contribution in [-0.4, -0.2) is 35.5 Å². The molecular formula is C29H29ClN2O5. The van der Waals surface area contributed by atoms with E-state index in [4.69, 9.17) is 21.4 Å². The van der Waals surface area contributed by atoms with Gasteiger partial charge in [-0.2, -0.15) is 0 Å². The second-order valence-electron chi connectivity index (χ2n) is 9.07. The van der Waals surface area contributed by atoms with Gasteiger partial charge in [0.1, 0.15) is 5.75 Å². The molecule has 0 saturated heterocycles. The van der Waals surface area contributed by atoms with E-state index in [9.17, 15) is 14.4 Å². The Labute approximate surface area is 221 Å². The zero-order valence-corrected chi connectivity index (χ0v) is 21.5. The molecule has 192 valence electrons. The molecule has 1 aliphatic heterocycles. The molecule has 37 heavy (non-hydrogen) atoms. The zero-order valence-electron chi connectivity index (χ0n) is 20.8. The van der Waals surface area contributed by atoms with E-state index < -0.39 is 5.97 Å². The lowest BCUT2D eigenvalue weighted by Crippen LogP contribution is -2.47. The molecule has 3 aromatic carbocycles. The van der Waals surface area contributed by atoms with Gasteiger partial charge >= 0.3 is 5.97 Å². The van der Waals surface area contributed by atoms with E-state index in [1.165, 1.54) is 0 Å². The van der Waals surface area contributed by atoms with Crippen molar-refractivity contribution in [3.8, 4) is 5.75 Å². The van der Waals surface area contributed by atoms with Crippen molar-refractivity contribution in [3.05, 3.63) is 88.9 Å². The van der Waals surface area contributed by atoms with Crippen LogP contribution in [-0.2, 0) is 9.59 Å².